The van der Waals surface area contributed by atoms with E-state index in [2.05, 4.69) is 20.6 Å². The van der Waals surface area contributed by atoms with Crippen LogP contribution in [0.25, 0.3) is 0 Å². The van der Waals surface area contributed by atoms with Crippen molar-refractivity contribution in [3.8, 4) is 0 Å². The summed E-state index contributed by atoms with van der Waals surface area (Å²) in [4.78, 5) is 20.0. The topological polar surface area (TPSA) is 102 Å². The molecule has 0 fully saturated rings. The molecule has 0 saturated heterocycles. The van der Waals surface area contributed by atoms with E-state index in [4.69, 9.17) is 10.5 Å². The normalized spacial score (nSPS) is 12.2. The van der Waals surface area contributed by atoms with E-state index in [1.807, 2.05) is 26.0 Å². The summed E-state index contributed by atoms with van der Waals surface area (Å²) in [5.41, 5.74) is 6.56. The third-order valence-electron chi connectivity index (χ3n) is 2.59. The van der Waals surface area contributed by atoms with Crippen LogP contribution in [0.2, 0.25) is 0 Å². The van der Waals surface area contributed by atoms with Gasteiger partial charge in [-0.3, -0.25) is 9.79 Å². The molecule has 0 radical (unpaired) electrons. The Labute approximate surface area is 148 Å². The average Bonchev–Trinajstić information content (AvgIpc) is 2.38. The predicted octanol–water partition coefficient (Wildman–Crippen LogP) is 1.28. The van der Waals surface area contributed by atoms with Gasteiger partial charge in [-0.1, -0.05) is 6.07 Å². The summed E-state index contributed by atoms with van der Waals surface area (Å²) in [6, 6.07) is 5.53. The predicted molar refractivity (Wildman–Crippen MR) is 98.6 cm³/mol. The van der Waals surface area contributed by atoms with Crippen molar-refractivity contribution in [3.05, 3.63) is 23.9 Å². The van der Waals surface area contributed by atoms with Crippen LogP contribution in [0.4, 0.5) is 5.82 Å². The number of ether oxygens (including phenoxy) is 1. The van der Waals surface area contributed by atoms with Gasteiger partial charge < -0.3 is 21.1 Å². The molecule has 0 bridgehead atoms. The lowest BCUT2D eigenvalue weighted by molar-refractivity contribution is -0.116. The zero-order chi connectivity index (χ0) is 15.7. The van der Waals surface area contributed by atoms with Crippen molar-refractivity contribution in [2.75, 3.05) is 25.6 Å². The van der Waals surface area contributed by atoms with E-state index >= 15 is 0 Å². The molecule has 4 N–H and O–H groups in total. The van der Waals surface area contributed by atoms with Gasteiger partial charge in [0, 0.05) is 25.3 Å². The van der Waals surface area contributed by atoms with Crippen molar-refractivity contribution in [1.29, 1.82) is 0 Å². The lowest BCUT2D eigenvalue weighted by atomic mass is 10.3. The van der Waals surface area contributed by atoms with Crippen LogP contribution in [0.15, 0.2) is 23.2 Å². The second kappa shape index (κ2) is 11.2. The van der Waals surface area contributed by atoms with Gasteiger partial charge in [-0.2, -0.15) is 0 Å². The first kappa shape index (κ1) is 20.6. The van der Waals surface area contributed by atoms with Crippen LogP contribution in [-0.2, 0) is 9.53 Å². The van der Waals surface area contributed by atoms with Crippen LogP contribution in [0, 0.1) is 6.92 Å². The molecule has 0 aliphatic heterocycles. The Balaban J connectivity index is 0.00000441. The maximum Gasteiger partial charge on any atom is 0.227 e. The quantitative estimate of drug-likeness (QED) is 0.350. The van der Waals surface area contributed by atoms with Gasteiger partial charge in [-0.05, 0) is 26.0 Å². The highest BCUT2D eigenvalue weighted by molar-refractivity contribution is 14.0. The number of hydrogen-bond acceptors (Lipinski definition) is 4. The lowest BCUT2D eigenvalue weighted by Gasteiger charge is -2.12. The fourth-order valence-electron chi connectivity index (χ4n) is 1.69. The number of aliphatic imine (C=N–C) groups is 1. The van der Waals surface area contributed by atoms with Crippen LogP contribution >= 0.6 is 24.0 Å². The molecule has 1 aromatic rings. The molecular formula is C14H24IN5O2. The SMILES string of the molecule is COCC(C)NC(N)=NCCC(=O)Nc1cccc(C)n1.I. The van der Waals surface area contributed by atoms with Gasteiger partial charge in [0.15, 0.2) is 5.96 Å². The summed E-state index contributed by atoms with van der Waals surface area (Å²) in [6.07, 6.45) is 0.247. The molecule has 1 atom stereocenters. The fraction of sp³-hybridized carbons (Fsp3) is 0.500. The molecule has 0 saturated carbocycles. The summed E-state index contributed by atoms with van der Waals surface area (Å²) < 4.78 is 4.98. The number of carbonyl (C=O) groups excluding carboxylic acids is 1. The number of aryl methyl sites for hydroxylation is 1. The van der Waals surface area contributed by atoms with E-state index in [9.17, 15) is 4.79 Å². The molecule has 1 unspecified atom stereocenters. The number of pyridine rings is 1. The second-order valence-electron chi connectivity index (χ2n) is 4.73. The highest BCUT2D eigenvalue weighted by atomic mass is 127. The van der Waals surface area contributed by atoms with E-state index in [0.717, 1.165) is 5.69 Å². The highest BCUT2D eigenvalue weighted by Gasteiger charge is 2.04. The molecule has 0 aromatic carbocycles. The number of nitrogens with zero attached hydrogens (tertiary/aromatic N) is 2. The molecule has 124 valence electrons. The first-order valence-corrected chi connectivity index (χ1v) is 6.80. The van der Waals surface area contributed by atoms with Crippen molar-refractivity contribution in [1.82, 2.24) is 10.3 Å². The highest BCUT2D eigenvalue weighted by Crippen LogP contribution is 2.04. The molecule has 22 heavy (non-hydrogen) atoms. The number of nitrogens with two attached hydrogens (primary N) is 1. The fourth-order valence-corrected chi connectivity index (χ4v) is 1.69. The number of hydrogen-bond donors (Lipinski definition) is 3. The van der Waals surface area contributed by atoms with Crippen molar-refractivity contribution in [2.24, 2.45) is 10.7 Å². The molecule has 1 aromatic heterocycles. The molecule has 0 aliphatic carbocycles. The number of nitrogens with one attached hydrogen (secondary N) is 2. The Bertz CT molecular complexity index is 496. The zero-order valence-corrected chi connectivity index (χ0v) is 15.5. The zero-order valence-electron chi connectivity index (χ0n) is 13.1. The Hall–Kier alpha value is -1.42. The number of guanidine groups is 1. The van der Waals surface area contributed by atoms with E-state index < -0.39 is 0 Å². The molecule has 7 nitrogen and oxygen atoms in total. The minimum absolute atomic E-state index is 0. The molecule has 1 heterocycles. The van der Waals surface area contributed by atoms with Gasteiger partial charge in [0.1, 0.15) is 5.82 Å². The molecule has 0 aliphatic rings. The summed E-state index contributed by atoms with van der Waals surface area (Å²) in [7, 11) is 1.62. The summed E-state index contributed by atoms with van der Waals surface area (Å²) in [5, 5.41) is 5.69. The average molecular weight is 421 g/mol. The number of methoxy groups -OCH3 is 1. The first-order chi connectivity index (χ1) is 10.0. The van der Waals surface area contributed by atoms with Gasteiger partial charge in [-0.15, -0.1) is 24.0 Å². The van der Waals surface area contributed by atoms with Crippen LogP contribution in [0.1, 0.15) is 19.0 Å². The monoisotopic (exact) mass is 421 g/mol. The van der Waals surface area contributed by atoms with Crippen LogP contribution < -0.4 is 16.4 Å². The van der Waals surface area contributed by atoms with Gasteiger partial charge in [0.25, 0.3) is 0 Å². The van der Waals surface area contributed by atoms with Crippen LogP contribution in [0.3, 0.4) is 0 Å². The summed E-state index contributed by atoms with van der Waals surface area (Å²) >= 11 is 0. The number of halogens is 1. The van der Waals surface area contributed by atoms with Gasteiger partial charge in [0.05, 0.1) is 13.2 Å². The van der Waals surface area contributed by atoms with Gasteiger partial charge in [0.2, 0.25) is 5.91 Å². The number of amides is 1. The molecule has 1 rings (SSSR count). The summed E-state index contributed by atoms with van der Waals surface area (Å²) in [5.74, 6) is 0.708. The van der Waals surface area contributed by atoms with Crippen LogP contribution in [0.5, 0.6) is 0 Å². The maximum atomic E-state index is 11.7. The molecule has 8 heteroatoms. The number of rotatable bonds is 7. The minimum Gasteiger partial charge on any atom is -0.383 e. The van der Waals surface area contributed by atoms with Crippen LogP contribution in [-0.4, -0.2) is 43.2 Å². The van der Waals surface area contributed by atoms with Gasteiger partial charge >= 0.3 is 0 Å². The molecule has 0 spiro atoms. The second-order valence-corrected chi connectivity index (χ2v) is 4.73. The third-order valence-corrected chi connectivity index (χ3v) is 2.59. The van der Waals surface area contributed by atoms with Crippen molar-refractivity contribution in [3.63, 3.8) is 0 Å². The standard InChI is InChI=1S/C14H23N5O2.HI/c1-10-5-4-6-12(17-10)19-13(20)7-8-16-14(15)18-11(2)9-21-3;/h4-6,11H,7-9H2,1-3H3,(H3,15,16,18)(H,17,19,20);1H. The van der Waals surface area contributed by atoms with E-state index in [0.29, 0.717) is 24.9 Å². The number of anilines is 1. The van der Waals surface area contributed by atoms with E-state index in [1.165, 1.54) is 0 Å². The largest absolute Gasteiger partial charge is 0.383 e. The Morgan fingerprint density at radius 2 is 2.23 bits per heavy atom. The first-order valence-electron chi connectivity index (χ1n) is 6.80. The maximum absolute atomic E-state index is 11.7. The van der Waals surface area contributed by atoms with E-state index in [1.54, 1.807) is 13.2 Å². The number of aromatic nitrogens is 1. The summed E-state index contributed by atoms with van der Waals surface area (Å²) in [6.45, 7) is 4.65. The Kier molecular flexibility index (Phi) is 10.5. The van der Waals surface area contributed by atoms with Crippen molar-refractivity contribution >= 4 is 41.7 Å². The third kappa shape index (κ3) is 8.78. The molecular weight excluding hydrogens is 397 g/mol. The molecule has 1 amide bonds. The van der Waals surface area contributed by atoms with Crippen molar-refractivity contribution < 1.29 is 9.53 Å². The van der Waals surface area contributed by atoms with Gasteiger partial charge in [-0.25, -0.2) is 4.98 Å². The Morgan fingerprint density at radius 1 is 1.50 bits per heavy atom. The smallest absolute Gasteiger partial charge is 0.227 e. The number of carbonyl (C=O) groups is 1. The van der Waals surface area contributed by atoms with Crippen molar-refractivity contribution in [2.45, 2.75) is 26.3 Å². The minimum atomic E-state index is -0.144. The Morgan fingerprint density at radius 3 is 2.86 bits per heavy atom. The lowest BCUT2D eigenvalue weighted by Crippen LogP contribution is -2.40. The van der Waals surface area contributed by atoms with E-state index in [-0.39, 0.29) is 42.3 Å².